The van der Waals surface area contributed by atoms with Gasteiger partial charge in [-0.2, -0.15) is 4.31 Å². The topological polar surface area (TPSA) is 63.4 Å². The van der Waals surface area contributed by atoms with Gasteiger partial charge in [-0.3, -0.25) is 0 Å². The summed E-state index contributed by atoms with van der Waals surface area (Å²) in [5.74, 6) is 0. The van der Waals surface area contributed by atoms with Crippen LogP contribution >= 0.6 is 12.4 Å². The molecule has 0 aliphatic carbocycles. The van der Waals surface area contributed by atoms with Crippen LogP contribution in [0, 0.1) is 34.6 Å². The lowest BCUT2D eigenvalue weighted by molar-refractivity contribution is 0.471. The summed E-state index contributed by atoms with van der Waals surface area (Å²) in [7, 11) is -3.44. The fraction of sp³-hybridized carbons (Fsp3) is 0.600. The Balaban J connectivity index is 0.00000220. The van der Waals surface area contributed by atoms with Gasteiger partial charge in [-0.15, -0.1) is 12.4 Å². The van der Waals surface area contributed by atoms with E-state index in [9.17, 15) is 8.42 Å². The first-order valence-corrected chi connectivity index (χ1v) is 8.44. The van der Waals surface area contributed by atoms with Crippen LogP contribution in [0.15, 0.2) is 4.90 Å². The number of rotatable bonds is 2. The van der Waals surface area contributed by atoms with Gasteiger partial charge in [-0.05, 0) is 68.9 Å². The molecule has 1 atom stereocenters. The first kappa shape index (κ1) is 18.4. The van der Waals surface area contributed by atoms with Gasteiger partial charge in [0.05, 0.1) is 4.90 Å². The Hall–Kier alpha value is -0.620. The molecule has 1 aliphatic rings. The summed E-state index contributed by atoms with van der Waals surface area (Å²) in [5, 5.41) is 0. The zero-order valence-electron chi connectivity index (χ0n) is 13.4. The smallest absolute Gasteiger partial charge is 0.243 e. The first-order valence-electron chi connectivity index (χ1n) is 7.00. The highest BCUT2D eigenvalue weighted by Gasteiger charge is 2.34. The number of hydrogen-bond acceptors (Lipinski definition) is 3. The van der Waals surface area contributed by atoms with Crippen LogP contribution in [-0.2, 0) is 10.0 Å². The molecule has 1 aromatic rings. The molecule has 2 rings (SSSR count). The number of sulfonamides is 1. The standard InChI is InChI=1S/C15H24N2O2S.ClH/c1-9-10(2)12(4)15(13(5)11(9)3)20(18,19)17-7-6-14(16)8-17;/h14H,6-8,16H2,1-5H3;1H/t14-;/m1./s1. The third-order valence-electron chi connectivity index (χ3n) is 4.72. The zero-order chi connectivity index (χ0) is 15.2. The van der Waals surface area contributed by atoms with E-state index in [-0.39, 0.29) is 18.4 Å². The van der Waals surface area contributed by atoms with E-state index in [2.05, 4.69) is 0 Å². The van der Waals surface area contributed by atoms with E-state index in [4.69, 9.17) is 5.73 Å². The Bertz CT molecular complexity index is 627. The molecule has 0 saturated carbocycles. The quantitative estimate of drug-likeness (QED) is 0.904. The highest BCUT2D eigenvalue weighted by molar-refractivity contribution is 7.89. The molecule has 0 aromatic heterocycles. The fourth-order valence-corrected chi connectivity index (χ4v) is 5.03. The van der Waals surface area contributed by atoms with Crippen LogP contribution in [0.25, 0.3) is 0 Å². The van der Waals surface area contributed by atoms with Crippen LogP contribution in [0.5, 0.6) is 0 Å². The lowest BCUT2D eigenvalue weighted by Gasteiger charge is -2.23. The van der Waals surface area contributed by atoms with Gasteiger partial charge in [0.1, 0.15) is 0 Å². The van der Waals surface area contributed by atoms with Gasteiger partial charge in [0.25, 0.3) is 0 Å². The van der Waals surface area contributed by atoms with E-state index >= 15 is 0 Å². The maximum absolute atomic E-state index is 12.9. The largest absolute Gasteiger partial charge is 0.326 e. The second kappa shape index (κ2) is 6.24. The van der Waals surface area contributed by atoms with Gasteiger partial charge < -0.3 is 5.73 Å². The maximum Gasteiger partial charge on any atom is 0.243 e. The van der Waals surface area contributed by atoms with E-state index in [0.29, 0.717) is 18.0 Å². The molecule has 1 aromatic carbocycles. The second-order valence-corrected chi connectivity index (χ2v) is 7.74. The van der Waals surface area contributed by atoms with Crippen LogP contribution < -0.4 is 5.73 Å². The fourth-order valence-electron chi connectivity index (χ4n) is 2.95. The molecule has 0 spiro atoms. The molecular formula is C15H25ClN2O2S. The van der Waals surface area contributed by atoms with Gasteiger partial charge in [0.15, 0.2) is 0 Å². The number of hydrogen-bond donors (Lipinski definition) is 1. The Morgan fingerprint density at radius 3 is 1.76 bits per heavy atom. The second-order valence-electron chi connectivity index (χ2n) is 5.87. The van der Waals surface area contributed by atoms with Gasteiger partial charge in [0, 0.05) is 19.1 Å². The lowest BCUT2D eigenvalue weighted by atomic mass is 9.95. The van der Waals surface area contributed by atoms with E-state index in [1.54, 1.807) is 0 Å². The van der Waals surface area contributed by atoms with Gasteiger partial charge in [0.2, 0.25) is 10.0 Å². The van der Waals surface area contributed by atoms with Crippen molar-refractivity contribution in [1.82, 2.24) is 4.31 Å². The molecular weight excluding hydrogens is 308 g/mol. The van der Waals surface area contributed by atoms with Crippen molar-refractivity contribution in [3.63, 3.8) is 0 Å². The van der Waals surface area contributed by atoms with E-state index in [1.165, 1.54) is 9.87 Å². The highest BCUT2D eigenvalue weighted by Crippen LogP contribution is 2.32. The molecule has 1 heterocycles. The Morgan fingerprint density at radius 2 is 1.38 bits per heavy atom. The molecule has 120 valence electrons. The molecule has 1 aliphatic heterocycles. The van der Waals surface area contributed by atoms with Crippen molar-refractivity contribution in [1.29, 1.82) is 0 Å². The summed E-state index contributed by atoms with van der Waals surface area (Å²) >= 11 is 0. The Kier molecular flexibility index (Phi) is 5.48. The molecule has 1 fully saturated rings. The Labute approximate surface area is 134 Å². The predicted molar refractivity (Wildman–Crippen MR) is 88.7 cm³/mol. The summed E-state index contributed by atoms with van der Waals surface area (Å²) in [4.78, 5) is 0.479. The molecule has 0 unspecified atom stereocenters. The van der Waals surface area contributed by atoms with Crippen LogP contribution in [0.3, 0.4) is 0 Å². The normalized spacial score (nSPS) is 19.6. The summed E-state index contributed by atoms with van der Waals surface area (Å²) < 4.78 is 27.3. The van der Waals surface area contributed by atoms with Crippen LogP contribution in [-0.4, -0.2) is 31.9 Å². The molecule has 6 heteroatoms. The van der Waals surface area contributed by atoms with Crippen LogP contribution in [0.4, 0.5) is 0 Å². The van der Waals surface area contributed by atoms with Crippen molar-refractivity contribution in [3.05, 3.63) is 27.8 Å². The van der Waals surface area contributed by atoms with Crippen molar-refractivity contribution in [2.75, 3.05) is 13.1 Å². The molecule has 4 nitrogen and oxygen atoms in total. The number of nitrogens with two attached hydrogens (primary N) is 1. The minimum Gasteiger partial charge on any atom is -0.326 e. The van der Waals surface area contributed by atoms with Crippen molar-refractivity contribution < 1.29 is 8.42 Å². The van der Waals surface area contributed by atoms with Crippen molar-refractivity contribution in [2.24, 2.45) is 5.73 Å². The van der Waals surface area contributed by atoms with E-state index in [1.807, 2.05) is 34.6 Å². The van der Waals surface area contributed by atoms with Gasteiger partial charge >= 0.3 is 0 Å². The van der Waals surface area contributed by atoms with Gasteiger partial charge in [-0.25, -0.2) is 8.42 Å². The summed E-state index contributed by atoms with van der Waals surface area (Å²) in [6.45, 7) is 10.8. The summed E-state index contributed by atoms with van der Waals surface area (Å²) in [6, 6.07) is -0.0435. The molecule has 1 saturated heterocycles. The SMILES string of the molecule is Cc1c(C)c(C)c(S(=O)(=O)N2CC[C@@H](N)C2)c(C)c1C.Cl. The first-order chi connectivity index (χ1) is 9.17. The maximum atomic E-state index is 12.9. The minimum absolute atomic E-state index is 0. The average Bonchev–Trinajstić information content (AvgIpc) is 2.81. The molecule has 21 heavy (non-hydrogen) atoms. The van der Waals surface area contributed by atoms with E-state index in [0.717, 1.165) is 28.7 Å². The minimum atomic E-state index is -3.44. The van der Waals surface area contributed by atoms with Crippen molar-refractivity contribution in [3.8, 4) is 0 Å². The molecule has 2 N–H and O–H groups in total. The molecule has 0 bridgehead atoms. The zero-order valence-corrected chi connectivity index (χ0v) is 15.0. The van der Waals surface area contributed by atoms with Crippen molar-refractivity contribution >= 4 is 22.4 Å². The monoisotopic (exact) mass is 332 g/mol. The summed E-state index contributed by atoms with van der Waals surface area (Å²) in [5.41, 5.74) is 10.9. The molecule has 0 amide bonds. The Morgan fingerprint density at radius 1 is 0.952 bits per heavy atom. The van der Waals surface area contributed by atoms with Crippen molar-refractivity contribution in [2.45, 2.75) is 52.0 Å². The van der Waals surface area contributed by atoms with Gasteiger partial charge in [-0.1, -0.05) is 0 Å². The van der Waals surface area contributed by atoms with Crippen LogP contribution in [0.2, 0.25) is 0 Å². The average molecular weight is 333 g/mol. The highest BCUT2D eigenvalue weighted by atomic mass is 35.5. The third-order valence-corrected chi connectivity index (χ3v) is 6.86. The molecule has 0 radical (unpaired) electrons. The summed E-state index contributed by atoms with van der Waals surface area (Å²) in [6.07, 6.45) is 0.737. The number of nitrogens with zero attached hydrogens (tertiary/aromatic N) is 1. The van der Waals surface area contributed by atoms with E-state index < -0.39 is 10.0 Å². The van der Waals surface area contributed by atoms with Crippen LogP contribution in [0.1, 0.15) is 34.2 Å². The third kappa shape index (κ3) is 2.97. The number of halogens is 1. The lowest BCUT2D eigenvalue weighted by Crippen LogP contribution is -2.33. The number of benzene rings is 1. The predicted octanol–water partition coefficient (Wildman–Crippen LogP) is 2.37.